The number of nitrogens with one attached hydrogen (secondary N) is 1. The van der Waals surface area contributed by atoms with E-state index in [4.69, 9.17) is 4.42 Å². The van der Waals surface area contributed by atoms with Crippen LogP contribution in [0.3, 0.4) is 0 Å². The molecule has 0 spiro atoms. The molecule has 0 aromatic carbocycles. The lowest BCUT2D eigenvalue weighted by molar-refractivity contribution is 0.0902. The number of oxazole rings is 1. The topological polar surface area (TPSA) is 55.1 Å². The Morgan fingerprint density at radius 3 is 2.56 bits per heavy atom. The van der Waals surface area contributed by atoms with E-state index in [1.54, 1.807) is 0 Å². The minimum atomic E-state index is -0.136. The lowest BCUT2D eigenvalue weighted by Crippen LogP contribution is -2.35. The van der Waals surface area contributed by atoms with Crippen molar-refractivity contribution >= 4 is 5.91 Å². The van der Waals surface area contributed by atoms with Crippen molar-refractivity contribution in [1.29, 1.82) is 0 Å². The van der Waals surface area contributed by atoms with E-state index in [-0.39, 0.29) is 5.91 Å². The first-order valence-corrected chi connectivity index (χ1v) is 6.05. The zero-order chi connectivity index (χ0) is 11.2. The molecule has 0 bridgehead atoms. The highest BCUT2D eigenvalue weighted by Gasteiger charge is 2.16. The molecule has 1 saturated carbocycles. The van der Waals surface area contributed by atoms with E-state index < -0.39 is 0 Å². The minimum Gasteiger partial charge on any atom is -0.438 e. The predicted molar refractivity (Wildman–Crippen MR) is 60.1 cm³/mol. The van der Waals surface area contributed by atoms with E-state index in [2.05, 4.69) is 10.3 Å². The van der Waals surface area contributed by atoms with Crippen LogP contribution in [0, 0.1) is 0 Å². The Bertz CT molecular complexity index is 314. The summed E-state index contributed by atoms with van der Waals surface area (Å²) in [4.78, 5) is 15.5. The fourth-order valence-electron chi connectivity index (χ4n) is 2.18. The third-order valence-corrected chi connectivity index (χ3v) is 3.10. The molecular weight excluding hydrogens is 204 g/mol. The fourth-order valence-corrected chi connectivity index (χ4v) is 2.18. The summed E-state index contributed by atoms with van der Waals surface area (Å²) < 4.78 is 4.97. The van der Waals surface area contributed by atoms with Crippen molar-refractivity contribution in [2.75, 3.05) is 0 Å². The van der Waals surface area contributed by atoms with Crippen LogP contribution in [0.1, 0.15) is 55.5 Å². The van der Waals surface area contributed by atoms with Crippen LogP contribution in [-0.2, 0) is 0 Å². The summed E-state index contributed by atoms with van der Waals surface area (Å²) in [5, 5.41) is 3.02. The quantitative estimate of drug-likeness (QED) is 0.836. The van der Waals surface area contributed by atoms with Gasteiger partial charge in [0.1, 0.15) is 0 Å². The van der Waals surface area contributed by atoms with E-state index in [1.807, 2.05) is 0 Å². The molecular formula is C12H18N2O2. The Morgan fingerprint density at radius 1 is 1.25 bits per heavy atom. The number of rotatable bonds is 2. The fraction of sp³-hybridized carbons (Fsp3) is 0.667. The molecule has 1 aromatic rings. The van der Waals surface area contributed by atoms with Gasteiger partial charge in [0.25, 0.3) is 5.91 Å². The molecule has 1 N–H and O–H groups in total. The highest BCUT2D eigenvalue weighted by Crippen LogP contribution is 2.17. The van der Waals surface area contributed by atoms with Crippen LogP contribution in [0.5, 0.6) is 0 Å². The Morgan fingerprint density at radius 2 is 1.94 bits per heavy atom. The van der Waals surface area contributed by atoms with E-state index in [0.29, 0.717) is 11.8 Å². The lowest BCUT2D eigenvalue weighted by atomic mass is 9.97. The number of hydrogen-bond donors (Lipinski definition) is 1. The zero-order valence-corrected chi connectivity index (χ0v) is 9.45. The molecule has 4 heteroatoms. The van der Waals surface area contributed by atoms with Crippen molar-refractivity contribution < 1.29 is 9.21 Å². The standard InChI is InChI=1S/C12H18N2O2/c15-12(11-8-13-9-16-11)14-10-6-4-2-1-3-5-7-10/h8-10H,1-7H2,(H,14,15). The summed E-state index contributed by atoms with van der Waals surface area (Å²) in [7, 11) is 0. The molecule has 16 heavy (non-hydrogen) atoms. The van der Waals surface area contributed by atoms with Gasteiger partial charge in [0.2, 0.25) is 5.76 Å². The van der Waals surface area contributed by atoms with Crippen molar-refractivity contribution in [1.82, 2.24) is 10.3 Å². The minimum absolute atomic E-state index is 0.136. The van der Waals surface area contributed by atoms with Crippen molar-refractivity contribution in [3.63, 3.8) is 0 Å². The summed E-state index contributed by atoms with van der Waals surface area (Å²) in [5.41, 5.74) is 0. The van der Waals surface area contributed by atoms with Crippen LogP contribution in [0.15, 0.2) is 17.0 Å². The van der Waals surface area contributed by atoms with E-state index in [0.717, 1.165) is 12.8 Å². The van der Waals surface area contributed by atoms with Gasteiger partial charge in [-0.15, -0.1) is 0 Å². The summed E-state index contributed by atoms with van der Waals surface area (Å²) >= 11 is 0. The molecule has 1 fully saturated rings. The molecule has 0 saturated heterocycles. The molecule has 1 aliphatic rings. The molecule has 2 rings (SSSR count). The predicted octanol–water partition coefficient (Wildman–Crippen LogP) is 2.52. The average Bonchev–Trinajstić information content (AvgIpc) is 2.74. The molecule has 1 aromatic heterocycles. The zero-order valence-electron chi connectivity index (χ0n) is 9.45. The number of nitrogens with zero attached hydrogens (tertiary/aromatic N) is 1. The second-order valence-electron chi connectivity index (χ2n) is 4.38. The number of amides is 1. The van der Waals surface area contributed by atoms with Gasteiger partial charge in [-0.25, -0.2) is 4.98 Å². The average molecular weight is 222 g/mol. The van der Waals surface area contributed by atoms with Crippen LogP contribution in [0.25, 0.3) is 0 Å². The van der Waals surface area contributed by atoms with Crippen LogP contribution in [0.2, 0.25) is 0 Å². The van der Waals surface area contributed by atoms with Crippen LogP contribution in [-0.4, -0.2) is 16.9 Å². The summed E-state index contributed by atoms with van der Waals surface area (Å²) in [5.74, 6) is 0.171. The number of carbonyl (C=O) groups excluding carboxylic acids is 1. The van der Waals surface area contributed by atoms with Gasteiger partial charge in [0.15, 0.2) is 6.39 Å². The Labute approximate surface area is 95.4 Å². The maximum absolute atomic E-state index is 11.7. The molecule has 0 aliphatic heterocycles. The van der Waals surface area contributed by atoms with Crippen LogP contribution >= 0.6 is 0 Å². The monoisotopic (exact) mass is 222 g/mol. The highest BCUT2D eigenvalue weighted by atomic mass is 16.3. The highest BCUT2D eigenvalue weighted by molar-refractivity contribution is 5.91. The van der Waals surface area contributed by atoms with Gasteiger partial charge in [-0.2, -0.15) is 0 Å². The van der Waals surface area contributed by atoms with Gasteiger partial charge < -0.3 is 9.73 Å². The van der Waals surface area contributed by atoms with Gasteiger partial charge in [0.05, 0.1) is 6.20 Å². The molecule has 0 radical (unpaired) electrons. The first kappa shape index (κ1) is 11.2. The van der Waals surface area contributed by atoms with Crippen LogP contribution < -0.4 is 5.32 Å². The second kappa shape index (κ2) is 5.68. The summed E-state index contributed by atoms with van der Waals surface area (Å²) in [6.45, 7) is 0. The van der Waals surface area contributed by atoms with E-state index in [1.165, 1.54) is 44.7 Å². The molecule has 88 valence electrons. The molecule has 1 heterocycles. The van der Waals surface area contributed by atoms with Gasteiger partial charge in [0, 0.05) is 6.04 Å². The maximum Gasteiger partial charge on any atom is 0.288 e. The third kappa shape index (κ3) is 3.08. The lowest BCUT2D eigenvalue weighted by Gasteiger charge is -2.20. The molecule has 0 unspecified atom stereocenters. The van der Waals surface area contributed by atoms with Gasteiger partial charge in [-0.1, -0.05) is 32.1 Å². The number of carbonyl (C=O) groups is 1. The molecule has 0 atom stereocenters. The Kier molecular flexibility index (Phi) is 3.97. The first-order chi connectivity index (χ1) is 7.86. The van der Waals surface area contributed by atoms with Crippen molar-refractivity contribution in [2.24, 2.45) is 0 Å². The van der Waals surface area contributed by atoms with Crippen LogP contribution in [0.4, 0.5) is 0 Å². The van der Waals surface area contributed by atoms with Gasteiger partial charge >= 0.3 is 0 Å². The smallest absolute Gasteiger partial charge is 0.288 e. The Hall–Kier alpha value is -1.32. The Balaban J connectivity index is 1.85. The number of hydrogen-bond acceptors (Lipinski definition) is 3. The molecule has 4 nitrogen and oxygen atoms in total. The van der Waals surface area contributed by atoms with Gasteiger partial charge in [-0.05, 0) is 12.8 Å². The third-order valence-electron chi connectivity index (χ3n) is 3.10. The molecule has 1 aliphatic carbocycles. The van der Waals surface area contributed by atoms with Crippen molar-refractivity contribution in [3.8, 4) is 0 Å². The molecule has 1 amide bonds. The summed E-state index contributed by atoms with van der Waals surface area (Å²) in [6, 6.07) is 0.304. The largest absolute Gasteiger partial charge is 0.438 e. The summed E-state index contributed by atoms with van der Waals surface area (Å²) in [6.07, 6.45) is 11.2. The van der Waals surface area contributed by atoms with E-state index in [9.17, 15) is 4.79 Å². The maximum atomic E-state index is 11.7. The van der Waals surface area contributed by atoms with Crippen molar-refractivity contribution in [2.45, 2.75) is 51.0 Å². The van der Waals surface area contributed by atoms with Gasteiger partial charge in [-0.3, -0.25) is 4.79 Å². The SMILES string of the molecule is O=C(NC1CCCCCCC1)c1cnco1. The number of aromatic nitrogens is 1. The van der Waals surface area contributed by atoms with E-state index >= 15 is 0 Å². The van der Waals surface area contributed by atoms with Crippen molar-refractivity contribution in [3.05, 3.63) is 18.4 Å². The first-order valence-electron chi connectivity index (χ1n) is 6.05. The second-order valence-corrected chi connectivity index (χ2v) is 4.38. The normalized spacial score (nSPS) is 18.8.